The van der Waals surface area contributed by atoms with Gasteiger partial charge in [0.25, 0.3) is 5.69 Å². The van der Waals surface area contributed by atoms with Crippen molar-refractivity contribution in [3.05, 3.63) is 46.0 Å². The third-order valence-electron chi connectivity index (χ3n) is 4.58. The Hall–Kier alpha value is -2.37. The molecule has 2 amide bonds. The van der Waals surface area contributed by atoms with Crippen molar-refractivity contribution in [2.75, 3.05) is 18.4 Å². The molecule has 1 aromatic rings. The van der Waals surface area contributed by atoms with E-state index in [-0.39, 0.29) is 11.7 Å². The summed E-state index contributed by atoms with van der Waals surface area (Å²) in [4.78, 5) is 24.6. The lowest BCUT2D eigenvalue weighted by atomic mass is 9.86. The smallest absolute Gasteiger partial charge is 0.321 e. The van der Waals surface area contributed by atoms with E-state index in [4.69, 9.17) is 0 Å². The van der Waals surface area contributed by atoms with Crippen LogP contribution >= 0.6 is 0 Å². The van der Waals surface area contributed by atoms with Crippen LogP contribution in [-0.2, 0) is 0 Å². The molecule has 0 saturated carbocycles. The Morgan fingerprint density at radius 1 is 1.27 bits per heavy atom. The van der Waals surface area contributed by atoms with E-state index in [0.717, 1.165) is 31.5 Å². The molecule has 6 heteroatoms. The Kier molecular flexibility index (Phi) is 3.83. The maximum atomic E-state index is 12.4. The Balaban J connectivity index is 1.70. The van der Waals surface area contributed by atoms with Crippen LogP contribution in [0.3, 0.4) is 0 Å². The number of hydrogen-bond donors (Lipinski definition) is 1. The summed E-state index contributed by atoms with van der Waals surface area (Å²) in [6.45, 7) is 3.34. The van der Waals surface area contributed by atoms with Gasteiger partial charge in [0, 0.05) is 25.2 Å². The van der Waals surface area contributed by atoms with E-state index in [1.54, 1.807) is 6.07 Å². The molecule has 1 aromatic carbocycles. The predicted octanol–water partition coefficient (Wildman–Crippen LogP) is 3.33. The summed E-state index contributed by atoms with van der Waals surface area (Å²) in [5.74, 6) is 1.09. The molecular formula is C16H19N3O3. The summed E-state index contributed by atoms with van der Waals surface area (Å²) in [7, 11) is 0. The number of urea groups is 1. The van der Waals surface area contributed by atoms with Crippen LogP contribution in [0.4, 0.5) is 16.2 Å². The van der Waals surface area contributed by atoms with Crippen LogP contribution in [0.15, 0.2) is 30.4 Å². The van der Waals surface area contributed by atoms with Crippen molar-refractivity contribution >= 4 is 17.4 Å². The van der Waals surface area contributed by atoms with Gasteiger partial charge in [0.1, 0.15) is 0 Å². The Morgan fingerprint density at radius 2 is 1.91 bits per heavy atom. The van der Waals surface area contributed by atoms with Crippen LogP contribution in [0.5, 0.6) is 0 Å². The zero-order chi connectivity index (χ0) is 15.7. The number of nitro groups is 1. The molecule has 2 atom stereocenters. The lowest BCUT2D eigenvalue weighted by molar-refractivity contribution is -0.384. The van der Waals surface area contributed by atoms with Gasteiger partial charge in [-0.05, 0) is 37.2 Å². The summed E-state index contributed by atoms with van der Waals surface area (Å²) in [6, 6.07) is 4.35. The molecule has 1 fully saturated rings. The van der Waals surface area contributed by atoms with E-state index in [9.17, 15) is 14.9 Å². The van der Waals surface area contributed by atoms with Crippen molar-refractivity contribution in [3.63, 3.8) is 0 Å². The number of likely N-dealkylation sites (tertiary alicyclic amines) is 1. The third-order valence-corrected chi connectivity index (χ3v) is 4.58. The van der Waals surface area contributed by atoms with Crippen molar-refractivity contribution < 1.29 is 9.72 Å². The number of nitro benzene ring substituents is 1. The van der Waals surface area contributed by atoms with Gasteiger partial charge in [-0.15, -0.1) is 0 Å². The molecule has 6 nitrogen and oxygen atoms in total. The number of rotatable bonds is 2. The molecule has 0 unspecified atom stereocenters. The topological polar surface area (TPSA) is 75.5 Å². The van der Waals surface area contributed by atoms with Crippen LogP contribution < -0.4 is 5.32 Å². The van der Waals surface area contributed by atoms with Crippen LogP contribution in [0.2, 0.25) is 0 Å². The second-order valence-electron chi connectivity index (χ2n) is 6.05. The van der Waals surface area contributed by atoms with Crippen molar-refractivity contribution in [1.29, 1.82) is 0 Å². The van der Waals surface area contributed by atoms with E-state index in [1.807, 2.05) is 11.8 Å². The lowest BCUT2D eigenvalue weighted by Gasteiger charge is -2.18. The number of anilines is 1. The minimum absolute atomic E-state index is 0.0137. The van der Waals surface area contributed by atoms with Crippen molar-refractivity contribution in [3.8, 4) is 0 Å². The molecule has 22 heavy (non-hydrogen) atoms. The largest absolute Gasteiger partial charge is 0.324 e. The van der Waals surface area contributed by atoms with Gasteiger partial charge in [-0.1, -0.05) is 18.2 Å². The number of benzene rings is 1. The molecule has 1 saturated heterocycles. The van der Waals surface area contributed by atoms with Gasteiger partial charge in [-0.25, -0.2) is 4.79 Å². The molecule has 2 aliphatic rings. The first-order valence-corrected chi connectivity index (χ1v) is 7.50. The molecule has 1 heterocycles. The average Bonchev–Trinajstić information content (AvgIpc) is 2.93. The second kappa shape index (κ2) is 5.79. The first kappa shape index (κ1) is 14.6. The molecule has 1 N–H and O–H groups in total. The number of amides is 2. The fourth-order valence-corrected chi connectivity index (χ4v) is 3.23. The summed E-state index contributed by atoms with van der Waals surface area (Å²) in [5.41, 5.74) is 1.31. The molecule has 0 spiro atoms. The molecule has 3 rings (SSSR count). The molecule has 1 aliphatic carbocycles. The third kappa shape index (κ3) is 2.81. The number of nitrogens with one attached hydrogen (secondary N) is 1. The second-order valence-corrected chi connectivity index (χ2v) is 6.05. The van der Waals surface area contributed by atoms with Crippen molar-refractivity contribution in [2.45, 2.75) is 19.8 Å². The van der Waals surface area contributed by atoms with Gasteiger partial charge >= 0.3 is 6.03 Å². The summed E-state index contributed by atoms with van der Waals surface area (Å²) >= 11 is 0. The highest BCUT2D eigenvalue weighted by Gasteiger charge is 2.35. The number of non-ortho nitro benzene ring substituents is 1. The number of carbonyl (C=O) groups is 1. The molecule has 1 aliphatic heterocycles. The quantitative estimate of drug-likeness (QED) is 0.517. The Morgan fingerprint density at radius 3 is 2.50 bits per heavy atom. The lowest BCUT2D eigenvalue weighted by Crippen LogP contribution is -2.33. The minimum atomic E-state index is -0.453. The monoisotopic (exact) mass is 301 g/mol. The fourth-order valence-electron chi connectivity index (χ4n) is 3.23. The SMILES string of the molecule is Cc1ccc([N+](=O)[O-])cc1NC(=O)N1C[C@@H]2CC=CC[C@H]2C1. The van der Waals surface area contributed by atoms with Crippen LogP contribution in [0, 0.1) is 28.9 Å². The van der Waals surface area contributed by atoms with Gasteiger partial charge in [0.05, 0.1) is 10.6 Å². The first-order valence-electron chi connectivity index (χ1n) is 7.50. The van der Waals surface area contributed by atoms with Gasteiger partial charge in [-0.3, -0.25) is 10.1 Å². The van der Waals surface area contributed by atoms with Crippen LogP contribution in [-0.4, -0.2) is 28.9 Å². The molecule has 0 bridgehead atoms. The van der Waals surface area contributed by atoms with Crippen molar-refractivity contribution in [2.24, 2.45) is 11.8 Å². The highest BCUT2D eigenvalue weighted by molar-refractivity contribution is 5.90. The van der Waals surface area contributed by atoms with E-state index in [2.05, 4.69) is 17.5 Å². The molecule has 0 aromatic heterocycles. The Labute approximate surface area is 129 Å². The summed E-state index contributed by atoms with van der Waals surface area (Å²) in [5, 5.41) is 13.7. The van der Waals surface area contributed by atoms with Crippen molar-refractivity contribution in [1.82, 2.24) is 4.90 Å². The van der Waals surface area contributed by atoms with Gasteiger partial charge in [0.15, 0.2) is 0 Å². The van der Waals surface area contributed by atoms with Crippen LogP contribution in [0.25, 0.3) is 0 Å². The first-order chi connectivity index (χ1) is 10.5. The molecular weight excluding hydrogens is 282 g/mol. The van der Waals surface area contributed by atoms with Crippen LogP contribution in [0.1, 0.15) is 18.4 Å². The van der Waals surface area contributed by atoms with E-state index < -0.39 is 4.92 Å². The van der Waals surface area contributed by atoms with Gasteiger partial charge in [-0.2, -0.15) is 0 Å². The number of aryl methyl sites for hydroxylation is 1. The maximum absolute atomic E-state index is 12.4. The highest BCUT2D eigenvalue weighted by Crippen LogP contribution is 2.33. The highest BCUT2D eigenvalue weighted by atomic mass is 16.6. The van der Waals surface area contributed by atoms with E-state index in [1.165, 1.54) is 12.1 Å². The number of hydrogen-bond acceptors (Lipinski definition) is 3. The van der Waals surface area contributed by atoms with E-state index in [0.29, 0.717) is 17.5 Å². The van der Waals surface area contributed by atoms with E-state index >= 15 is 0 Å². The average molecular weight is 301 g/mol. The van der Waals surface area contributed by atoms with Gasteiger partial charge < -0.3 is 10.2 Å². The summed E-state index contributed by atoms with van der Waals surface area (Å²) < 4.78 is 0. The normalized spacial score (nSPS) is 23.2. The Bertz CT molecular complexity index is 626. The maximum Gasteiger partial charge on any atom is 0.321 e. The minimum Gasteiger partial charge on any atom is -0.324 e. The molecule has 116 valence electrons. The number of allylic oxidation sites excluding steroid dienone is 2. The van der Waals surface area contributed by atoms with Gasteiger partial charge in [0.2, 0.25) is 0 Å². The predicted molar refractivity (Wildman–Crippen MR) is 83.8 cm³/mol. The zero-order valence-corrected chi connectivity index (χ0v) is 12.5. The number of nitrogens with zero attached hydrogens (tertiary/aromatic N) is 2. The summed E-state index contributed by atoms with van der Waals surface area (Å²) in [6.07, 6.45) is 6.44. The zero-order valence-electron chi connectivity index (χ0n) is 12.5. The molecule has 0 radical (unpaired) electrons. The number of carbonyl (C=O) groups excluding carboxylic acids is 1. The number of fused-ring (bicyclic) bond motifs is 1. The fraction of sp³-hybridized carbons (Fsp3) is 0.438. The standard InChI is InChI=1S/C16H19N3O3/c1-11-6-7-14(19(21)22)8-15(11)17-16(20)18-9-12-4-2-3-5-13(12)10-18/h2-3,6-8,12-13H,4-5,9-10H2,1H3,(H,17,20)/t12-,13-/m0/s1.